The molecular formula is C37H31ClN4O4. The van der Waals surface area contributed by atoms with Gasteiger partial charge in [0.1, 0.15) is 11.2 Å². The molecule has 0 radical (unpaired) electrons. The molecule has 0 spiro atoms. The first-order valence-electron chi connectivity index (χ1n) is 15.0. The molecule has 46 heavy (non-hydrogen) atoms. The van der Waals surface area contributed by atoms with Crippen molar-refractivity contribution >= 4 is 57.4 Å². The molecule has 2 N–H and O–H groups in total. The number of aromatic nitrogens is 1. The van der Waals surface area contributed by atoms with Gasteiger partial charge >= 0.3 is 0 Å². The lowest BCUT2D eigenvalue weighted by molar-refractivity contribution is 0.0951. The van der Waals surface area contributed by atoms with Gasteiger partial charge in [-0.1, -0.05) is 48.5 Å². The number of anilines is 1. The summed E-state index contributed by atoms with van der Waals surface area (Å²) >= 11 is 0. The van der Waals surface area contributed by atoms with Crippen molar-refractivity contribution in [3.05, 3.63) is 124 Å². The molecule has 7 rings (SSSR count). The van der Waals surface area contributed by atoms with Crippen molar-refractivity contribution in [2.75, 3.05) is 25.0 Å². The van der Waals surface area contributed by atoms with Crippen molar-refractivity contribution < 1.29 is 18.8 Å². The normalized spacial score (nSPS) is 12.6. The zero-order chi connectivity index (χ0) is 31.1. The van der Waals surface area contributed by atoms with Gasteiger partial charge in [-0.2, -0.15) is 0 Å². The number of hydrogen-bond acceptors (Lipinski definition) is 7. The molecule has 0 unspecified atom stereocenters. The number of halogens is 1. The number of ketones is 2. The molecule has 2 aliphatic carbocycles. The quantitative estimate of drug-likeness (QED) is 0.114. The summed E-state index contributed by atoms with van der Waals surface area (Å²) in [6.07, 6.45) is 0.655. The Morgan fingerprint density at radius 2 is 1.52 bits per heavy atom. The molecular weight excluding hydrogens is 600 g/mol. The smallest absolute Gasteiger partial charge is 0.251 e. The Kier molecular flexibility index (Phi) is 8.39. The van der Waals surface area contributed by atoms with Gasteiger partial charge in [-0.15, -0.1) is 12.4 Å². The zero-order valence-corrected chi connectivity index (χ0v) is 26.2. The molecule has 0 saturated heterocycles. The first kappa shape index (κ1) is 30.7. The molecule has 230 valence electrons. The molecule has 9 heteroatoms. The Labute approximate surface area is 271 Å². The number of carbonyl (C=O) groups excluding carboxylic acids is 3. The number of hydrogen-bond donors (Lipinski definition) is 2. The van der Waals surface area contributed by atoms with Gasteiger partial charge in [0.2, 0.25) is 0 Å². The fraction of sp³-hybridized carbons (Fsp3) is 0.162. The average molecular weight is 631 g/mol. The van der Waals surface area contributed by atoms with Gasteiger partial charge in [-0.05, 0) is 50.1 Å². The Morgan fingerprint density at radius 1 is 0.826 bits per heavy atom. The second-order valence-corrected chi connectivity index (χ2v) is 11.1. The van der Waals surface area contributed by atoms with Crippen molar-refractivity contribution in [2.24, 2.45) is 4.99 Å². The highest BCUT2D eigenvalue weighted by Crippen LogP contribution is 2.34. The average Bonchev–Trinajstić information content (AvgIpc) is 3.06. The van der Waals surface area contributed by atoms with Crippen molar-refractivity contribution in [2.45, 2.75) is 20.3 Å². The van der Waals surface area contributed by atoms with Crippen LogP contribution < -0.4 is 16.0 Å². The highest BCUT2D eigenvalue weighted by atomic mass is 35.5. The van der Waals surface area contributed by atoms with Gasteiger partial charge in [0.15, 0.2) is 22.9 Å². The number of rotatable bonds is 7. The predicted molar refractivity (Wildman–Crippen MR) is 181 cm³/mol. The fourth-order valence-electron chi connectivity index (χ4n) is 5.94. The maximum Gasteiger partial charge on any atom is 0.251 e. The van der Waals surface area contributed by atoms with E-state index in [1.54, 1.807) is 36.4 Å². The number of nitrogens with one attached hydrogen (secondary N) is 2. The molecule has 0 fully saturated rings. The molecule has 1 amide bonds. The topological polar surface area (TPSA) is 114 Å². The summed E-state index contributed by atoms with van der Waals surface area (Å²) in [4.78, 5) is 48.4. The van der Waals surface area contributed by atoms with E-state index in [1.165, 1.54) is 6.07 Å². The lowest BCUT2D eigenvalue weighted by Crippen LogP contribution is -2.27. The van der Waals surface area contributed by atoms with Crippen LogP contribution in [0.4, 0.5) is 5.69 Å². The molecule has 8 nitrogen and oxygen atoms in total. The number of amides is 1. The van der Waals surface area contributed by atoms with Crippen LogP contribution in [0.2, 0.25) is 0 Å². The third-order valence-electron chi connectivity index (χ3n) is 8.18. The van der Waals surface area contributed by atoms with Gasteiger partial charge in [-0.3, -0.25) is 19.4 Å². The molecule has 3 aliphatic rings. The van der Waals surface area contributed by atoms with Crippen LogP contribution in [0, 0.1) is 6.92 Å². The van der Waals surface area contributed by atoms with Crippen LogP contribution >= 0.6 is 12.4 Å². The lowest BCUT2D eigenvalue weighted by atomic mass is 9.83. The maximum atomic E-state index is 13.0. The van der Waals surface area contributed by atoms with Crippen LogP contribution in [0.25, 0.3) is 33.3 Å². The van der Waals surface area contributed by atoms with Crippen molar-refractivity contribution in [3.63, 3.8) is 0 Å². The summed E-state index contributed by atoms with van der Waals surface area (Å²) in [6, 6.07) is 25.5. The summed E-state index contributed by atoms with van der Waals surface area (Å²) < 4.78 is 6.35. The van der Waals surface area contributed by atoms with E-state index in [4.69, 9.17) is 9.40 Å². The van der Waals surface area contributed by atoms with E-state index in [0.717, 1.165) is 38.6 Å². The van der Waals surface area contributed by atoms with Gasteiger partial charge in [0.25, 0.3) is 5.91 Å². The third-order valence-corrected chi connectivity index (χ3v) is 8.18. The highest BCUT2D eigenvalue weighted by molar-refractivity contribution is 6.28. The summed E-state index contributed by atoms with van der Waals surface area (Å²) in [5.74, 6) is -0.0675. The first-order chi connectivity index (χ1) is 21.9. The van der Waals surface area contributed by atoms with Crippen LogP contribution in [0.15, 0.2) is 94.3 Å². The number of carbonyl (C=O) groups is 3. The highest BCUT2D eigenvalue weighted by Gasteiger charge is 2.30. The van der Waals surface area contributed by atoms with Gasteiger partial charge in [0, 0.05) is 76.0 Å². The second-order valence-electron chi connectivity index (χ2n) is 11.1. The van der Waals surface area contributed by atoms with Crippen LogP contribution in [0.5, 0.6) is 0 Å². The van der Waals surface area contributed by atoms with Gasteiger partial charge in [-0.25, -0.2) is 4.98 Å². The summed E-state index contributed by atoms with van der Waals surface area (Å²) in [7, 11) is 0. The molecule has 0 saturated carbocycles. The minimum atomic E-state index is -0.297. The molecule has 1 aliphatic heterocycles. The van der Waals surface area contributed by atoms with E-state index in [0.29, 0.717) is 59.7 Å². The van der Waals surface area contributed by atoms with E-state index in [-0.39, 0.29) is 35.4 Å². The minimum absolute atomic E-state index is 0. The Morgan fingerprint density at radius 3 is 2.28 bits per heavy atom. The lowest BCUT2D eigenvalue weighted by Gasteiger charge is -2.18. The predicted octanol–water partition coefficient (Wildman–Crippen LogP) is 6.74. The van der Waals surface area contributed by atoms with E-state index in [1.807, 2.05) is 50.2 Å². The van der Waals surface area contributed by atoms with E-state index < -0.39 is 0 Å². The van der Waals surface area contributed by atoms with E-state index in [2.05, 4.69) is 21.7 Å². The summed E-state index contributed by atoms with van der Waals surface area (Å²) in [6.45, 7) is 5.75. The molecule has 0 atom stereocenters. The van der Waals surface area contributed by atoms with Crippen LogP contribution in [0.3, 0.4) is 0 Å². The fourth-order valence-corrected chi connectivity index (χ4v) is 5.94. The second kappa shape index (κ2) is 12.6. The zero-order valence-electron chi connectivity index (χ0n) is 25.3. The molecule has 0 bridgehead atoms. The van der Waals surface area contributed by atoms with Gasteiger partial charge < -0.3 is 15.1 Å². The van der Waals surface area contributed by atoms with Gasteiger partial charge in [0.05, 0.1) is 5.36 Å². The van der Waals surface area contributed by atoms with E-state index in [9.17, 15) is 14.4 Å². The van der Waals surface area contributed by atoms with E-state index >= 15 is 0 Å². The van der Waals surface area contributed by atoms with Crippen LogP contribution in [0.1, 0.15) is 61.1 Å². The molecule has 1 heterocycles. The monoisotopic (exact) mass is 630 g/mol. The minimum Gasteiger partial charge on any atom is -0.453 e. The van der Waals surface area contributed by atoms with Crippen molar-refractivity contribution in [1.82, 2.24) is 10.3 Å². The molecule has 4 aromatic carbocycles. The Bertz CT molecular complexity index is 2220. The first-order valence-corrected chi connectivity index (χ1v) is 15.0. The molecule has 0 aromatic heterocycles. The van der Waals surface area contributed by atoms with Crippen LogP contribution in [-0.4, -0.2) is 42.1 Å². The Balaban J connectivity index is 0.00000372. The van der Waals surface area contributed by atoms with Crippen LogP contribution in [-0.2, 0) is 0 Å². The Hall–Kier alpha value is -5.34. The number of aryl methyl sites for hydroxylation is 1. The summed E-state index contributed by atoms with van der Waals surface area (Å²) in [5, 5.41) is 9.35. The number of benzene rings is 5. The van der Waals surface area contributed by atoms with Crippen molar-refractivity contribution in [3.8, 4) is 11.5 Å². The standard InChI is InChI=1S/C37H30N4O4.ClH/c1-3-38-29-19-32-31(17-21(29)2)41-34-24-10-5-4-9-23(24)30(20-33(34)45-32)39-15-8-16-40-37(44)22-13-14-27-28(18-22)36(43)26-12-7-6-11-25(26)35(27)42;/h4-7,9-14,17-20,39H,3,8,15-16H2,1-2H3,(H,40,44);1H. The largest absolute Gasteiger partial charge is 0.453 e. The third kappa shape index (κ3) is 5.41. The maximum absolute atomic E-state index is 13.0. The number of fused-ring (bicyclic) bond motifs is 6. The number of nitrogens with zero attached hydrogens (tertiary/aromatic N) is 2. The molecule has 4 aromatic rings. The van der Waals surface area contributed by atoms with Crippen molar-refractivity contribution in [1.29, 1.82) is 0 Å². The SMILES string of the molecule is CCN=c1cc2oc3cc(NCCCNC(=O)c4ccc5c(c4)C(=O)c4ccccc4C5=O)c4ccccc4c3nc-2cc1C.Cl. The summed E-state index contributed by atoms with van der Waals surface area (Å²) in [5.41, 5.74) is 5.91.